The third-order valence-electron chi connectivity index (χ3n) is 1.72. The molecule has 0 atom stereocenters. The molecule has 0 aliphatic heterocycles. The standard InChI is InChI=1S/C9H13N5S2/c10-12-9(16)14-13-8(15)11-6-7-4-2-1-3-5-7/h1-5H,6,10H2,(H2,11,13,15)(H2,12,14,16). The summed E-state index contributed by atoms with van der Waals surface area (Å²) in [4.78, 5) is 0. The van der Waals surface area contributed by atoms with Crippen LogP contribution in [0.5, 0.6) is 0 Å². The van der Waals surface area contributed by atoms with Gasteiger partial charge in [-0.3, -0.25) is 16.3 Å². The van der Waals surface area contributed by atoms with Gasteiger partial charge in [-0.05, 0) is 30.0 Å². The van der Waals surface area contributed by atoms with Gasteiger partial charge in [0.1, 0.15) is 0 Å². The number of nitrogens with two attached hydrogens (primary N) is 1. The van der Waals surface area contributed by atoms with Crippen molar-refractivity contribution in [2.24, 2.45) is 5.84 Å². The largest absolute Gasteiger partial charge is 0.357 e. The molecule has 0 heterocycles. The Hall–Kier alpha value is -1.44. The van der Waals surface area contributed by atoms with Crippen molar-refractivity contribution in [1.82, 2.24) is 21.6 Å². The van der Waals surface area contributed by atoms with Crippen LogP contribution in [0.25, 0.3) is 0 Å². The molecule has 5 nitrogen and oxygen atoms in total. The van der Waals surface area contributed by atoms with Gasteiger partial charge in [0.05, 0.1) is 0 Å². The van der Waals surface area contributed by atoms with Gasteiger partial charge in [-0.2, -0.15) is 0 Å². The van der Waals surface area contributed by atoms with Gasteiger partial charge in [-0.1, -0.05) is 30.3 Å². The zero-order valence-corrected chi connectivity index (χ0v) is 10.1. The van der Waals surface area contributed by atoms with Crippen LogP contribution in [0.15, 0.2) is 30.3 Å². The lowest BCUT2D eigenvalue weighted by Crippen LogP contribution is -2.51. The topological polar surface area (TPSA) is 74.1 Å². The predicted octanol–water partition coefficient (Wildman–Crippen LogP) is -0.0965. The van der Waals surface area contributed by atoms with Crippen LogP contribution in [-0.4, -0.2) is 10.2 Å². The molecule has 86 valence electrons. The van der Waals surface area contributed by atoms with Crippen LogP contribution < -0.4 is 27.4 Å². The molecule has 16 heavy (non-hydrogen) atoms. The summed E-state index contributed by atoms with van der Waals surface area (Å²) < 4.78 is 0. The van der Waals surface area contributed by atoms with Crippen LogP contribution in [0.4, 0.5) is 0 Å². The van der Waals surface area contributed by atoms with Crippen molar-refractivity contribution in [3.8, 4) is 0 Å². The van der Waals surface area contributed by atoms with Crippen molar-refractivity contribution in [3.05, 3.63) is 35.9 Å². The highest BCUT2D eigenvalue weighted by molar-refractivity contribution is 7.80. The van der Waals surface area contributed by atoms with E-state index in [9.17, 15) is 0 Å². The number of hydrogen-bond donors (Lipinski definition) is 5. The van der Waals surface area contributed by atoms with Gasteiger partial charge in [-0.15, -0.1) is 0 Å². The Balaban J connectivity index is 2.23. The average Bonchev–Trinajstić information content (AvgIpc) is 2.34. The number of thiocarbonyl (C=S) groups is 2. The van der Waals surface area contributed by atoms with Gasteiger partial charge in [0.2, 0.25) is 0 Å². The summed E-state index contributed by atoms with van der Waals surface area (Å²) in [5.74, 6) is 5.07. The molecular weight excluding hydrogens is 242 g/mol. The van der Waals surface area contributed by atoms with Crippen LogP contribution in [0, 0.1) is 0 Å². The molecule has 7 heteroatoms. The smallest absolute Gasteiger partial charge is 0.199 e. The number of hydrogen-bond acceptors (Lipinski definition) is 3. The molecule has 0 aliphatic carbocycles. The molecule has 0 saturated carbocycles. The van der Waals surface area contributed by atoms with Crippen LogP contribution in [0.2, 0.25) is 0 Å². The lowest BCUT2D eigenvalue weighted by molar-refractivity contribution is 0.785. The maximum atomic E-state index is 5.07. The normalized spacial score (nSPS) is 9.06. The highest BCUT2D eigenvalue weighted by atomic mass is 32.1. The number of hydrazine groups is 2. The average molecular weight is 255 g/mol. The van der Waals surface area contributed by atoms with Crippen LogP contribution in [0.1, 0.15) is 5.56 Å². The van der Waals surface area contributed by atoms with E-state index in [0.717, 1.165) is 5.56 Å². The van der Waals surface area contributed by atoms with Gasteiger partial charge >= 0.3 is 0 Å². The van der Waals surface area contributed by atoms with Crippen LogP contribution >= 0.6 is 24.4 Å². The highest BCUT2D eigenvalue weighted by Gasteiger charge is 1.96. The van der Waals surface area contributed by atoms with Crippen molar-refractivity contribution in [1.29, 1.82) is 0 Å². The summed E-state index contributed by atoms with van der Waals surface area (Å²) in [7, 11) is 0. The lowest BCUT2D eigenvalue weighted by atomic mass is 10.2. The van der Waals surface area contributed by atoms with E-state index in [4.69, 9.17) is 30.3 Å². The molecule has 0 amide bonds. The third kappa shape index (κ3) is 4.87. The van der Waals surface area contributed by atoms with E-state index in [0.29, 0.717) is 11.7 Å². The maximum Gasteiger partial charge on any atom is 0.199 e. The van der Waals surface area contributed by atoms with E-state index >= 15 is 0 Å². The van der Waals surface area contributed by atoms with Gasteiger partial charge in [0.25, 0.3) is 0 Å². The Morgan fingerprint density at radius 2 is 1.69 bits per heavy atom. The molecule has 6 N–H and O–H groups in total. The van der Waals surface area contributed by atoms with Gasteiger partial charge in [0.15, 0.2) is 10.2 Å². The van der Waals surface area contributed by atoms with Gasteiger partial charge in [0, 0.05) is 6.54 Å². The first kappa shape index (κ1) is 12.6. The molecule has 1 aromatic carbocycles. The molecule has 0 radical (unpaired) electrons. The highest BCUT2D eigenvalue weighted by Crippen LogP contribution is 1.96. The molecule has 0 bridgehead atoms. The molecule has 0 unspecified atom stereocenters. The predicted molar refractivity (Wildman–Crippen MR) is 72.1 cm³/mol. The molecule has 0 fully saturated rings. The maximum absolute atomic E-state index is 5.07. The zero-order chi connectivity index (χ0) is 11.8. The SMILES string of the molecule is NNC(=S)NNC(=S)NCc1ccccc1. The van der Waals surface area contributed by atoms with Crippen molar-refractivity contribution in [3.63, 3.8) is 0 Å². The molecule has 1 rings (SSSR count). The monoisotopic (exact) mass is 255 g/mol. The van der Waals surface area contributed by atoms with E-state index in [1.807, 2.05) is 30.3 Å². The molecule has 1 aromatic rings. The van der Waals surface area contributed by atoms with Crippen molar-refractivity contribution in [2.45, 2.75) is 6.54 Å². The van der Waals surface area contributed by atoms with Gasteiger partial charge < -0.3 is 5.32 Å². The molecule has 0 aliphatic rings. The van der Waals surface area contributed by atoms with E-state index in [-0.39, 0.29) is 5.11 Å². The Labute approximate surface area is 105 Å². The van der Waals surface area contributed by atoms with Crippen molar-refractivity contribution >= 4 is 34.7 Å². The third-order valence-corrected chi connectivity index (χ3v) is 2.18. The lowest BCUT2D eigenvalue weighted by Gasteiger charge is -2.12. The fourth-order valence-electron chi connectivity index (χ4n) is 0.972. The Morgan fingerprint density at radius 3 is 2.31 bits per heavy atom. The minimum absolute atomic E-state index is 0.267. The second kappa shape index (κ2) is 6.94. The molecule has 0 saturated heterocycles. The Kier molecular flexibility index (Phi) is 5.48. The van der Waals surface area contributed by atoms with Crippen LogP contribution in [-0.2, 0) is 6.54 Å². The second-order valence-electron chi connectivity index (χ2n) is 2.89. The summed E-state index contributed by atoms with van der Waals surface area (Å²) in [6.45, 7) is 0.650. The Bertz CT molecular complexity index is 354. The van der Waals surface area contributed by atoms with E-state index in [2.05, 4.69) is 21.6 Å². The zero-order valence-electron chi connectivity index (χ0n) is 8.49. The van der Waals surface area contributed by atoms with E-state index in [1.54, 1.807) is 0 Å². The minimum atomic E-state index is 0.267. The van der Waals surface area contributed by atoms with Crippen molar-refractivity contribution < 1.29 is 0 Å². The summed E-state index contributed by atoms with van der Waals surface area (Å²) in [5.41, 5.74) is 8.71. The summed E-state index contributed by atoms with van der Waals surface area (Å²) >= 11 is 9.76. The molecular formula is C9H13N5S2. The quantitative estimate of drug-likeness (QED) is 0.287. The molecule has 0 spiro atoms. The number of nitrogens with one attached hydrogen (secondary N) is 4. The Morgan fingerprint density at radius 1 is 1.06 bits per heavy atom. The first-order valence-electron chi connectivity index (χ1n) is 4.56. The van der Waals surface area contributed by atoms with Crippen molar-refractivity contribution in [2.75, 3.05) is 0 Å². The fourth-order valence-corrected chi connectivity index (χ4v) is 1.15. The second-order valence-corrected chi connectivity index (χ2v) is 3.71. The van der Waals surface area contributed by atoms with Crippen LogP contribution in [0.3, 0.4) is 0 Å². The summed E-state index contributed by atoms with van der Waals surface area (Å²) in [6, 6.07) is 9.93. The number of benzene rings is 1. The fraction of sp³-hybridized carbons (Fsp3) is 0.111. The first-order chi connectivity index (χ1) is 7.72. The summed E-state index contributed by atoms with van der Waals surface area (Å²) in [6.07, 6.45) is 0. The minimum Gasteiger partial charge on any atom is -0.357 e. The van der Waals surface area contributed by atoms with E-state index < -0.39 is 0 Å². The summed E-state index contributed by atoms with van der Waals surface area (Å²) in [5, 5.41) is 3.72. The number of rotatable bonds is 2. The van der Waals surface area contributed by atoms with Gasteiger partial charge in [-0.25, -0.2) is 5.84 Å². The molecule has 0 aromatic heterocycles. The van der Waals surface area contributed by atoms with E-state index in [1.165, 1.54) is 0 Å². The first-order valence-corrected chi connectivity index (χ1v) is 5.38.